The largest absolute Gasteiger partial charge is 0.319 e. The molecule has 7 nitrogen and oxygen atoms in total. The molecule has 29 heavy (non-hydrogen) atoms. The zero-order chi connectivity index (χ0) is 21.3. The van der Waals surface area contributed by atoms with Crippen LogP contribution in [0, 0.1) is 20.8 Å². The van der Waals surface area contributed by atoms with Gasteiger partial charge in [0.05, 0.1) is 27.7 Å². The van der Waals surface area contributed by atoms with Crippen molar-refractivity contribution in [1.82, 2.24) is 9.78 Å². The first-order valence-electron chi connectivity index (χ1n) is 9.08. The molecule has 0 saturated carbocycles. The van der Waals surface area contributed by atoms with Gasteiger partial charge in [0.25, 0.3) is 15.9 Å². The number of benzene rings is 2. The average molecular weight is 413 g/mol. The number of carbonyl (C=O) groups excluding carboxylic acids is 1. The minimum atomic E-state index is -3.81. The molecule has 1 heterocycles. The van der Waals surface area contributed by atoms with Crippen LogP contribution >= 0.6 is 0 Å². The van der Waals surface area contributed by atoms with Gasteiger partial charge in [-0.25, -0.2) is 8.42 Å². The van der Waals surface area contributed by atoms with Crippen LogP contribution in [0.15, 0.2) is 53.4 Å². The van der Waals surface area contributed by atoms with Crippen molar-refractivity contribution in [3.05, 3.63) is 71.0 Å². The monoisotopic (exact) mass is 412 g/mol. The Morgan fingerprint density at radius 1 is 1.07 bits per heavy atom. The molecule has 0 aliphatic heterocycles. The third kappa shape index (κ3) is 4.02. The third-order valence-electron chi connectivity index (χ3n) is 4.90. The summed E-state index contributed by atoms with van der Waals surface area (Å²) in [5.41, 5.74) is 3.99. The normalized spacial score (nSPS) is 11.3. The maximum absolute atomic E-state index is 13.0. The Hall–Kier alpha value is -3.13. The van der Waals surface area contributed by atoms with E-state index >= 15 is 0 Å². The van der Waals surface area contributed by atoms with Gasteiger partial charge in [-0.15, -0.1) is 0 Å². The summed E-state index contributed by atoms with van der Waals surface area (Å²) in [4.78, 5) is 12.8. The van der Waals surface area contributed by atoms with Crippen LogP contribution in [0.5, 0.6) is 0 Å². The van der Waals surface area contributed by atoms with Gasteiger partial charge in [-0.3, -0.25) is 13.8 Å². The van der Waals surface area contributed by atoms with E-state index in [4.69, 9.17) is 0 Å². The van der Waals surface area contributed by atoms with E-state index in [1.165, 1.54) is 23.5 Å². The number of hydrogen-bond acceptors (Lipinski definition) is 4. The molecular weight excluding hydrogens is 388 g/mol. The summed E-state index contributed by atoms with van der Waals surface area (Å²) in [7, 11) is -0.516. The van der Waals surface area contributed by atoms with E-state index in [9.17, 15) is 13.2 Å². The lowest BCUT2D eigenvalue weighted by Crippen LogP contribution is -2.27. The Balaban J connectivity index is 1.90. The highest BCUT2D eigenvalue weighted by Gasteiger charge is 2.23. The number of nitrogens with zero attached hydrogens (tertiary/aromatic N) is 3. The van der Waals surface area contributed by atoms with Gasteiger partial charge < -0.3 is 5.32 Å². The Labute approximate surface area is 171 Å². The molecule has 1 aromatic heterocycles. The predicted molar refractivity (Wildman–Crippen MR) is 114 cm³/mol. The van der Waals surface area contributed by atoms with Gasteiger partial charge in [-0.2, -0.15) is 5.10 Å². The SMILES string of the molecule is Cc1ccc(N(C)S(=O)(=O)c2cccc(C(=O)Nc3c(C)nn(C)c3C)c2)cc1. The van der Waals surface area contributed by atoms with E-state index in [1.54, 1.807) is 42.9 Å². The van der Waals surface area contributed by atoms with Crippen molar-refractivity contribution in [3.8, 4) is 0 Å². The number of aromatic nitrogens is 2. The minimum Gasteiger partial charge on any atom is -0.319 e. The zero-order valence-electron chi connectivity index (χ0n) is 17.1. The summed E-state index contributed by atoms with van der Waals surface area (Å²) in [6, 6.07) is 13.2. The molecule has 0 unspecified atom stereocenters. The lowest BCUT2D eigenvalue weighted by atomic mass is 10.2. The minimum absolute atomic E-state index is 0.0489. The summed E-state index contributed by atoms with van der Waals surface area (Å²) >= 11 is 0. The van der Waals surface area contributed by atoms with Gasteiger partial charge in [0.15, 0.2) is 0 Å². The fourth-order valence-corrected chi connectivity index (χ4v) is 4.23. The number of rotatable bonds is 5. The van der Waals surface area contributed by atoms with E-state index in [0.29, 0.717) is 17.1 Å². The number of anilines is 2. The maximum atomic E-state index is 13.0. The number of amides is 1. The average Bonchev–Trinajstić information content (AvgIpc) is 2.94. The summed E-state index contributed by atoms with van der Waals surface area (Å²) < 4.78 is 29.0. The Morgan fingerprint density at radius 2 is 1.72 bits per heavy atom. The quantitative estimate of drug-likeness (QED) is 0.696. The summed E-state index contributed by atoms with van der Waals surface area (Å²) in [6.45, 7) is 5.60. The molecule has 0 radical (unpaired) electrons. The van der Waals surface area contributed by atoms with Gasteiger partial charge in [0.1, 0.15) is 0 Å². The fraction of sp³-hybridized carbons (Fsp3) is 0.238. The van der Waals surface area contributed by atoms with Crippen LogP contribution in [0.3, 0.4) is 0 Å². The van der Waals surface area contributed by atoms with Crippen molar-refractivity contribution in [3.63, 3.8) is 0 Å². The van der Waals surface area contributed by atoms with E-state index in [1.807, 2.05) is 26.0 Å². The number of sulfonamides is 1. The molecule has 1 amide bonds. The molecule has 0 aliphatic carbocycles. The van der Waals surface area contributed by atoms with Crippen LogP contribution in [0.4, 0.5) is 11.4 Å². The highest BCUT2D eigenvalue weighted by atomic mass is 32.2. The zero-order valence-corrected chi connectivity index (χ0v) is 17.9. The molecule has 0 aliphatic rings. The Morgan fingerprint density at radius 3 is 2.31 bits per heavy atom. The molecule has 3 rings (SSSR count). The lowest BCUT2D eigenvalue weighted by molar-refractivity contribution is 0.102. The van der Waals surface area contributed by atoms with Crippen LogP contribution in [0.1, 0.15) is 27.3 Å². The highest BCUT2D eigenvalue weighted by Crippen LogP contribution is 2.24. The molecule has 0 fully saturated rings. The van der Waals surface area contributed by atoms with Gasteiger partial charge in [0.2, 0.25) is 0 Å². The van der Waals surface area contributed by atoms with Crippen molar-refractivity contribution in [2.45, 2.75) is 25.7 Å². The topological polar surface area (TPSA) is 84.3 Å². The first-order valence-corrected chi connectivity index (χ1v) is 10.5. The second kappa shape index (κ2) is 7.71. The molecule has 0 bridgehead atoms. The fourth-order valence-electron chi connectivity index (χ4n) is 2.99. The summed E-state index contributed by atoms with van der Waals surface area (Å²) in [6.07, 6.45) is 0. The van der Waals surface area contributed by atoms with E-state index in [0.717, 1.165) is 11.3 Å². The molecule has 0 saturated heterocycles. The number of aryl methyl sites for hydroxylation is 3. The van der Waals surface area contributed by atoms with E-state index < -0.39 is 10.0 Å². The second-order valence-electron chi connectivity index (χ2n) is 6.96. The summed E-state index contributed by atoms with van der Waals surface area (Å²) in [5, 5.41) is 7.11. The highest BCUT2D eigenvalue weighted by molar-refractivity contribution is 7.92. The Kier molecular flexibility index (Phi) is 5.48. The molecule has 0 spiro atoms. The smallest absolute Gasteiger partial charge is 0.264 e. The first kappa shape index (κ1) is 20.6. The van der Waals surface area contributed by atoms with Crippen molar-refractivity contribution in [2.75, 3.05) is 16.7 Å². The number of carbonyl (C=O) groups is 1. The van der Waals surface area contributed by atoms with Gasteiger partial charge in [0, 0.05) is 19.7 Å². The molecular formula is C21H24N4O3S. The van der Waals surface area contributed by atoms with Gasteiger partial charge >= 0.3 is 0 Å². The van der Waals surface area contributed by atoms with Gasteiger partial charge in [-0.05, 0) is 51.1 Å². The lowest BCUT2D eigenvalue weighted by Gasteiger charge is -2.20. The van der Waals surface area contributed by atoms with Crippen molar-refractivity contribution >= 4 is 27.3 Å². The Bertz CT molecular complexity index is 1170. The van der Waals surface area contributed by atoms with Crippen LogP contribution in [0.2, 0.25) is 0 Å². The van der Waals surface area contributed by atoms with Crippen molar-refractivity contribution < 1.29 is 13.2 Å². The molecule has 2 aromatic carbocycles. The molecule has 8 heteroatoms. The van der Waals surface area contributed by atoms with Crippen molar-refractivity contribution in [1.29, 1.82) is 0 Å². The predicted octanol–water partition coefficient (Wildman–Crippen LogP) is 3.42. The van der Waals surface area contributed by atoms with Crippen molar-refractivity contribution in [2.24, 2.45) is 7.05 Å². The second-order valence-corrected chi connectivity index (χ2v) is 8.93. The molecule has 0 atom stereocenters. The molecule has 152 valence electrons. The summed E-state index contributed by atoms with van der Waals surface area (Å²) in [5.74, 6) is -0.390. The number of hydrogen-bond donors (Lipinski definition) is 1. The molecule has 1 N–H and O–H groups in total. The molecule has 3 aromatic rings. The maximum Gasteiger partial charge on any atom is 0.264 e. The van der Waals surface area contributed by atoms with E-state index in [2.05, 4.69) is 10.4 Å². The standard InChI is InChI=1S/C21H24N4O3S/c1-14-9-11-18(12-10-14)25(5)29(27,28)19-8-6-7-17(13-19)21(26)22-20-15(2)23-24(4)16(20)3/h6-13H,1-5H3,(H,22,26). The van der Waals surface area contributed by atoms with Crippen LogP contribution in [-0.4, -0.2) is 31.2 Å². The first-order chi connectivity index (χ1) is 13.6. The van der Waals surface area contributed by atoms with E-state index in [-0.39, 0.29) is 16.4 Å². The third-order valence-corrected chi connectivity index (χ3v) is 6.68. The van der Waals surface area contributed by atoms with Crippen LogP contribution in [0.25, 0.3) is 0 Å². The number of nitrogens with one attached hydrogen (secondary N) is 1. The van der Waals surface area contributed by atoms with Gasteiger partial charge in [-0.1, -0.05) is 23.8 Å². The van der Waals surface area contributed by atoms with Crippen LogP contribution < -0.4 is 9.62 Å². The van der Waals surface area contributed by atoms with Crippen LogP contribution in [-0.2, 0) is 17.1 Å².